The zero-order valence-electron chi connectivity index (χ0n) is 8.15. The minimum Gasteiger partial charge on any atom is -0.506 e. The minimum atomic E-state index is -0.438. The Morgan fingerprint density at radius 2 is 2.06 bits per heavy atom. The molecule has 1 nitrogen and oxygen atoms in total. The molecule has 2 rings (SSSR count). The van der Waals surface area contributed by atoms with Crippen molar-refractivity contribution in [3.63, 3.8) is 0 Å². The summed E-state index contributed by atoms with van der Waals surface area (Å²) in [5.41, 5.74) is 1.18. The molecule has 0 fully saturated rings. The van der Waals surface area contributed by atoms with Gasteiger partial charge in [-0.05, 0) is 56.5 Å². The molecule has 2 aromatic rings. The Kier molecular flexibility index (Phi) is 3.41. The molecule has 1 aromatic carbocycles. The summed E-state index contributed by atoms with van der Waals surface area (Å²) < 4.78 is 13.9. The second-order valence-electron chi connectivity index (χ2n) is 3.18. The molecular formula is C12H8BrFOS. The second kappa shape index (κ2) is 4.80. The van der Waals surface area contributed by atoms with Gasteiger partial charge in [-0.25, -0.2) is 4.39 Å². The first-order valence-corrected chi connectivity index (χ1v) is 6.29. The van der Waals surface area contributed by atoms with Gasteiger partial charge in [0.1, 0.15) is 11.6 Å². The highest BCUT2D eigenvalue weighted by Gasteiger charge is 2.08. The summed E-state index contributed by atoms with van der Waals surface area (Å²) in [4.78, 5) is 0. The van der Waals surface area contributed by atoms with Crippen molar-refractivity contribution in [2.24, 2.45) is 0 Å². The Morgan fingerprint density at radius 1 is 1.25 bits per heavy atom. The third-order valence-electron chi connectivity index (χ3n) is 2.10. The van der Waals surface area contributed by atoms with Crippen LogP contribution in [0.1, 0.15) is 11.1 Å². The molecule has 0 radical (unpaired) electrons. The molecule has 0 spiro atoms. The van der Waals surface area contributed by atoms with Gasteiger partial charge in [0.15, 0.2) is 0 Å². The van der Waals surface area contributed by atoms with Crippen LogP contribution in [0.15, 0.2) is 33.4 Å². The Bertz CT molecular complexity index is 520. The number of rotatable bonds is 2. The van der Waals surface area contributed by atoms with E-state index in [2.05, 4.69) is 15.9 Å². The van der Waals surface area contributed by atoms with Crippen LogP contribution in [0.4, 0.5) is 4.39 Å². The fourth-order valence-electron chi connectivity index (χ4n) is 1.26. The second-order valence-corrected chi connectivity index (χ2v) is 4.82. The van der Waals surface area contributed by atoms with Crippen molar-refractivity contribution >= 4 is 39.4 Å². The van der Waals surface area contributed by atoms with Gasteiger partial charge < -0.3 is 5.11 Å². The maximum Gasteiger partial charge on any atom is 0.139 e. The predicted molar refractivity (Wildman–Crippen MR) is 69.0 cm³/mol. The van der Waals surface area contributed by atoms with Gasteiger partial charge in [0.05, 0.1) is 10.0 Å². The Morgan fingerprint density at radius 3 is 2.75 bits per heavy atom. The van der Waals surface area contributed by atoms with Crippen LogP contribution in [0.25, 0.3) is 12.2 Å². The molecule has 82 valence electrons. The molecule has 0 bridgehead atoms. The lowest BCUT2D eigenvalue weighted by molar-refractivity contribution is 0.464. The third-order valence-corrected chi connectivity index (χ3v) is 3.44. The van der Waals surface area contributed by atoms with Crippen LogP contribution < -0.4 is 0 Å². The largest absolute Gasteiger partial charge is 0.506 e. The molecule has 16 heavy (non-hydrogen) atoms. The SMILES string of the molecule is Oc1c(Br)ccc(F)c1C=Cc1ccsc1. The molecule has 0 amide bonds. The summed E-state index contributed by atoms with van der Waals surface area (Å²) in [7, 11) is 0. The average Bonchev–Trinajstić information content (AvgIpc) is 2.77. The molecule has 0 aliphatic heterocycles. The van der Waals surface area contributed by atoms with Gasteiger partial charge in [0, 0.05) is 0 Å². The lowest BCUT2D eigenvalue weighted by Gasteiger charge is -2.02. The van der Waals surface area contributed by atoms with Gasteiger partial charge in [-0.2, -0.15) is 11.3 Å². The van der Waals surface area contributed by atoms with E-state index in [0.29, 0.717) is 4.47 Å². The van der Waals surface area contributed by atoms with Crippen molar-refractivity contribution in [1.29, 1.82) is 0 Å². The van der Waals surface area contributed by atoms with E-state index in [0.717, 1.165) is 5.56 Å². The maximum atomic E-state index is 13.4. The lowest BCUT2D eigenvalue weighted by Crippen LogP contribution is -1.83. The third kappa shape index (κ3) is 2.33. The highest BCUT2D eigenvalue weighted by molar-refractivity contribution is 9.10. The fourth-order valence-corrected chi connectivity index (χ4v) is 2.24. The summed E-state index contributed by atoms with van der Waals surface area (Å²) in [6.07, 6.45) is 3.33. The predicted octanol–water partition coefficient (Wildman–Crippen LogP) is 4.53. The van der Waals surface area contributed by atoms with Crippen molar-refractivity contribution in [3.8, 4) is 5.75 Å². The summed E-state index contributed by atoms with van der Waals surface area (Å²) >= 11 is 4.72. The van der Waals surface area contributed by atoms with E-state index in [-0.39, 0.29) is 11.3 Å². The van der Waals surface area contributed by atoms with Gasteiger partial charge in [-0.3, -0.25) is 0 Å². The zero-order chi connectivity index (χ0) is 11.5. The standard InChI is InChI=1S/C12H8BrFOS/c13-10-3-4-11(14)9(12(10)15)2-1-8-5-6-16-7-8/h1-7,15H. The van der Waals surface area contributed by atoms with Crippen molar-refractivity contribution < 1.29 is 9.50 Å². The van der Waals surface area contributed by atoms with Gasteiger partial charge in [0.2, 0.25) is 0 Å². The first-order chi connectivity index (χ1) is 7.68. The highest BCUT2D eigenvalue weighted by Crippen LogP contribution is 2.31. The molecule has 0 saturated heterocycles. The minimum absolute atomic E-state index is 0.0773. The number of aromatic hydroxyl groups is 1. The quantitative estimate of drug-likeness (QED) is 0.864. The van der Waals surface area contributed by atoms with Gasteiger partial charge >= 0.3 is 0 Å². The number of benzene rings is 1. The van der Waals surface area contributed by atoms with E-state index >= 15 is 0 Å². The number of halogens is 2. The molecule has 0 aliphatic rings. The van der Waals surface area contributed by atoms with Crippen molar-refractivity contribution in [1.82, 2.24) is 0 Å². The van der Waals surface area contributed by atoms with Crippen LogP contribution in [0.3, 0.4) is 0 Å². The first kappa shape index (κ1) is 11.4. The van der Waals surface area contributed by atoms with Gasteiger partial charge in [-0.1, -0.05) is 6.08 Å². The van der Waals surface area contributed by atoms with E-state index in [1.165, 1.54) is 12.1 Å². The molecule has 1 heterocycles. The van der Waals surface area contributed by atoms with Gasteiger partial charge in [0.25, 0.3) is 0 Å². The first-order valence-electron chi connectivity index (χ1n) is 4.56. The van der Waals surface area contributed by atoms with E-state index in [9.17, 15) is 9.50 Å². The van der Waals surface area contributed by atoms with Crippen molar-refractivity contribution in [2.75, 3.05) is 0 Å². The molecule has 4 heteroatoms. The summed E-state index contributed by atoms with van der Waals surface area (Å²) in [5, 5.41) is 13.6. The molecular weight excluding hydrogens is 291 g/mol. The topological polar surface area (TPSA) is 20.2 Å². The van der Waals surface area contributed by atoms with E-state index in [1.807, 2.05) is 16.8 Å². The van der Waals surface area contributed by atoms with Gasteiger partial charge in [-0.15, -0.1) is 0 Å². The van der Waals surface area contributed by atoms with Crippen LogP contribution in [0.5, 0.6) is 5.75 Å². The lowest BCUT2D eigenvalue weighted by atomic mass is 10.1. The molecule has 1 aromatic heterocycles. The van der Waals surface area contributed by atoms with Crippen molar-refractivity contribution in [2.45, 2.75) is 0 Å². The van der Waals surface area contributed by atoms with Crippen molar-refractivity contribution in [3.05, 3.63) is 50.4 Å². The Labute approximate surface area is 105 Å². The summed E-state index contributed by atoms with van der Waals surface area (Å²) in [6, 6.07) is 4.72. The fraction of sp³-hybridized carbons (Fsp3) is 0. The number of hydrogen-bond acceptors (Lipinski definition) is 2. The normalized spacial score (nSPS) is 11.1. The smallest absolute Gasteiger partial charge is 0.139 e. The van der Waals surface area contributed by atoms with Crippen LogP contribution in [-0.4, -0.2) is 5.11 Å². The Hall–Kier alpha value is -1.13. The van der Waals surface area contributed by atoms with E-state index in [1.54, 1.807) is 23.5 Å². The average molecular weight is 299 g/mol. The number of hydrogen-bond donors (Lipinski definition) is 1. The number of phenols is 1. The van der Waals surface area contributed by atoms with Crippen LogP contribution in [-0.2, 0) is 0 Å². The van der Waals surface area contributed by atoms with E-state index < -0.39 is 5.82 Å². The molecule has 0 aliphatic carbocycles. The number of thiophene rings is 1. The maximum absolute atomic E-state index is 13.4. The molecule has 0 atom stereocenters. The van der Waals surface area contributed by atoms with E-state index in [4.69, 9.17) is 0 Å². The monoisotopic (exact) mass is 298 g/mol. The summed E-state index contributed by atoms with van der Waals surface area (Å²) in [6.45, 7) is 0. The zero-order valence-corrected chi connectivity index (χ0v) is 10.6. The number of phenolic OH excluding ortho intramolecular Hbond substituents is 1. The summed E-state index contributed by atoms with van der Waals surface area (Å²) in [5.74, 6) is -0.515. The Balaban J connectivity index is 2.38. The molecule has 0 unspecified atom stereocenters. The molecule has 0 saturated carbocycles. The van der Waals surface area contributed by atoms with Crippen LogP contribution in [0, 0.1) is 5.82 Å². The molecule has 1 N–H and O–H groups in total. The van der Waals surface area contributed by atoms with Crippen LogP contribution in [0.2, 0.25) is 0 Å². The highest BCUT2D eigenvalue weighted by atomic mass is 79.9. The van der Waals surface area contributed by atoms with Crippen LogP contribution >= 0.6 is 27.3 Å².